The van der Waals surface area contributed by atoms with Gasteiger partial charge < -0.3 is 5.32 Å². The highest BCUT2D eigenvalue weighted by molar-refractivity contribution is 5.93. The minimum atomic E-state index is -0.112. The first-order valence-corrected chi connectivity index (χ1v) is 9.86. The molecular formula is C20H26N6O. The molecule has 0 unspecified atom stereocenters. The topological polar surface area (TPSA) is 77.1 Å². The number of hydrogen-bond acceptors (Lipinski definition) is 4. The molecule has 0 atom stereocenters. The second kappa shape index (κ2) is 7.50. The van der Waals surface area contributed by atoms with E-state index in [0.717, 1.165) is 36.3 Å². The van der Waals surface area contributed by atoms with Crippen molar-refractivity contribution in [1.29, 1.82) is 0 Å². The van der Waals surface area contributed by atoms with Crippen molar-refractivity contribution in [3.8, 4) is 11.3 Å². The predicted octanol–water partition coefficient (Wildman–Crippen LogP) is 3.37. The van der Waals surface area contributed by atoms with Gasteiger partial charge in [0.2, 0.25) is 0 Å². The lowest BCUT2D eigenvalue weighted by Gasteiger charge is -2.14. The lowest BCUT2D eigenvalue weighted by molar-refractivity contribution is 0.0928. The summed E-state index contributed by atoms with van der Waals surface area (Å²) >= 11 is 0. The highest BCUT2D eigenvalue weighted by Crippen LogP contribution is 2.24. The number of carbonyl (C=O) groups is 1. The Morgan fingerprint density at radius 3 is 2.74 bits per heavy atom. The van der Waals surface area contributed by atoms with E-state index >= 15 is 0 Å². The molecule has 1 fully saturated rings. The van der Waals surface area contributed by atoms with Crippen LogP contribution in [0, 0.1) is 6.92 Å². The van der Waals surface area contributed by atoms with Gasteiger partial charge in [-0.3, -0.25) is 9.48 Å². The summed E-state index contributed by atoms with van der Waals surface area (Å²) in [5.74, 6) is -0.112. The molecule has 27 heavy (non-hydrogen) atoms. The SMILES string of the molecule is CCn1ncc(-c2ccnc3cc(C(=O)NC4CCCCCC4)nn23)c1C. The monoisotopic (exact) mass is 366 g/mol. The van der Waals surface area contributed by atoms with Crippen molar-refractivity contribution in [3.05, 3.63) is 35.9 Å². The van der Waals surface area contributed by atoms with E-state index in [2.05, 4.69) is 27.4 Å². The molecule has 7 nitrogen and oxygen atoms in total. The van der Waals surface area contributed by atoms with Crippen molar-refractivity contribution in [3.63, 3.8) is 0 Å². The van der Waals surface area contributed by atoms with Crippen molar-refractivity contribution in [2.75, 3.05) is 0 Å². The summed E-state index contributed by atoms with van der Waals surface area (Å²) in [6, 6.07) is 3.92. The van der Waals surface area contributed by atoms with Gasteiger partial charge in [0.15, 0.2) is 11.3 Å². The van der Waals surface area contributed by atoms with E-state index in [1.807, 2.05) is 23.9 Å². The minimum absolute atomic E-state index is 0.112. The number of aryl methyl sites for hydroxylation is 1. The van der Waals surface area contributed by atoms with E-state index in [1.165, 1.54) is 25.7 Å². The van der Waals surface area contributed by atoms with Crippen LogP contribution in [-0.2, 0) is 6.54 Å². The summed E-state index contributed by atoms with van der Waals surface area (Å²) in [6.45, 7) is 4.92. The minimum Gasteiger partial charge on any atom is -0.348 e. The van der Waals surface area contributed by atoms with Gasteiger partial charge in [0.1, 0.15) is 0 Å². The molecule has 4 rings (SSSR count). The zero-order valence-corrected chi connectivity index (χ0v) is 16.0. The molecule has 1 N–H and O–H groups in total. The van der Waals surface area contributed by atoms with Crippen molar-refractivity contribution < 1.29 is 4.79 Å². The lowest BCUT2D eigenvalue weighted by atomic mass is 10.1. The molecule has 3 aromatic heterocycles. The average molecular weight is 366 g/mol. The Morgan fingerprint density at radius 1 is 1.26 bits per heavy atom. The van der Waals surface area contributed by atoms with Gasteiger partial charge >= 0.3 is 0 Å². The van der Waals surface area contributed by atoms with Crippen LogP contribution < -0.4 is 5.32 Å². The summed E-state index contributed by atoms with van der Waals surface area (Å²) in [6.07, 6.45) is 10.6. The van der Waals surface area contributed by atoms with E-state index in [4.69, 9.17) is 0 Å². The fourth-order valence-electron chi connectivity index (χ4n) is 3.91. The van der Waals surface area contributed by atoms with Crippen LogP contribution in [0.4, 0.5) is 0 Å². The standard InChI is InChI=1S/C20H26N6O/c1-3-25-14(2)16(13-22-25)18-10-11-21-19-12-17(24-26(18)19)20(27)23-15-8-6-4-5-7-9-15/h10-13,15H,3-9H2,1-2H3,(H,23,27). The molecule has 1 saturated carbocycles. The Hall–Kier alpha value is -2.70. The Morgan fingerprint density at radius 2 is 2.04 bits per heavy atom. The summed E-state index contributed by atoms with van der Waals surface area (Å²) in [5, 5.41) is 12.1. The second-order valence-electron chi connectivity index (χ2n) is 7.25. The first-order chi connectivity index (χ1) is 13.2. The Bertz CT molecular complexity index is 949. The molecular weight excluding hydrogens is 340 g/mol. The maximum absolute atomic E-state index is 12.7. The van der Waals surface area contributed by atoms with Gasteiger partial charge in [-0.2, -0.15) is 10.2 Å². The highest BCUT2D eigenvalue weighted by Gasteiger charge is 2.20. The Labute approximate surface area is 158 Å². The van der Waals surface area contributed by atoms with Crippen LogP contribution in [0.15, 0.2) is 24.5 Å². The molecule has 1 aliphatic carbocycles. The molecule has 0 radical (unpaired) electrons. The first-order valence-electron chi connectivity index (χ1n) is 9.86. The fraction of sp³-hybridized carbons (Fsp3) is 0.500. The molecule has 0 spiro atoms. The number of fused-ring (bicyclic) bond motifs is 1. The van der Waals surface area contributed by atoms with Crippen LogP contribution >= 0.6 is 0 Å². The van der Waals surface area contributed by atoms with Crippen LogP contribution in [0.2, 0.25) is 0 Å². The maximum Gasteiger partial charge on any atom is 0.272 e. The van der Waals surface area contributed by atoms with Crippen LogP contribution in [0.5, 0.6) is 0 Å². The third-order valence-electron chi connectivity index (χ3n) is 5.46. The fourth-order valence-corrected chi connectivity index (χ4v) is 3.91. The van der Waals surface area contributed by atoms with E-state index < -0.39 is 0 Å². The van der Waals surface area contributed by atoms with Gasteiger partial charge in [0, 0.05) is 36.1 Å². The molecule has 0 aromatic carbocycles. The molecule has 7 heteroatoms. The van der Waals surface area contributed by atoms with Gasteiger partial charge in [-0.15, -0.1) is 0 Å². The number of rotatable bonds is 4. The number of hydrogen-bond donors (Lipinski definition) is 1. The van der Waals surface area contributed by atoms with E-state index in [1.54, 1.807) is 16.8 Å². The van der Waals surface area contributed by atoms with Gasteiger partial charge in [0.25, 0.3) is 5.91 Å². The van der Waals surface area contributed by atoms with Crippen molar-refractivity contribution in [2.45, 2.75) is 65.0 Å². The van der Waals surface area contributed by atoms with E-state index in [9.17, 15) is 4.79 Å². The summed E-state index contributed by atoms with van der Waals surface area (Å²) in [4.78, 5) is 17.1. The predicted molar refractivity (Wildman–Crippen MR) is 104 cm³/mol. The van der Waals surface area contributed by atoms with Gasteiger partial charge in [-0.1, -0.05) is 25.7 Å². The molecule has 0 saturated heterocycles. The molecule has 1 aliphatic rings. The summed E-state index contributed by atoms with van der Waals surface area (Å²) in [7, 11) is 0. The molecule has 0 bridgehead atoms. The molecule has 3 heterocycles. The van der Waals surface area contributed by atoms with Gasteiger partial charge in [-0.05, 0) is 32.8 Å². The largest absolute Gasteiger partial charge is 0.348 e. The summed E-state index contributed by atoms with van der Waals surface area (Å²) in [5.41, 5.74) is 4.06. The molecule has 142 valence electrons. The van der Waals surface area contributed by atoms with Crippen LogP contribution in [0.1, 0.15) is 61.6 Å². The maximum atomic E-state index is 12.7. The van der Waals surface area contributed by atoms with E-state index in [-0.39, 0.29) is 11.9 Å². The number of amides is 1. The van der Waals surface area contributed by atoms with Crippen LogP contribution in [-0.4, -0.2) is 36.3 Å². The number of nitrogens with zero attached hydrogens (tertiary/aromatic N) is 5. The third kappa shape index (κ3) is 3.46. The van der Waals surface area contributed by atoms with Crippen molar-refractivity contribution >= 4 is 11.6 Å². The van der Waals surface area contributed by atoms with E-state index in [0.29, 0.717) is 11.3 Å². The molecule has 1 amide bonds. The zero-order valence-electron chi connectivity index (χ0n) is 16.0. The first kappa shape index (κ1) is 17.7. The summed E-state index contributed by atoms with van der Waals surface area (Å²) < 4.78 is 3.69. The average Bonchev–Trinajstić information content (AvgIpc) is 3.18. The quantitative estimate of drug-likeness (QED) is 0.718. The highest BCUT2D eigenvalue weighted by atomic mass is 16.2. The van der Waals surface area contributed by atoms with Gasteiger partial charge in [0.05, 0.1) is 11.9 Å². The smallest absolute Gasteiger partial charge is 0.272 e. The van der Waals surface area contributed by atoms with Crippen LogP contribution in [0.3, 0.4) is 0 Å². The third-order valence-corrected chi connectivity index (χ3v) is 5.46. The normalized spacial score (nSPS) is 15.8. The Balaban J connectivity index is 1.64. The zero-order chi connectivity index (χ0) is 18.8. The number of nitrogens with one attached hydrogen (secondary N) is 1. The lowest BCUT2D eigenvalue weighted by Crippen LogP contribution is -2.34. The number of aromatic nitrogens is 5. The second-order valence-corrected chi connectivity index (χ2v) is 7.25. The molecule has 3 aromatic rings. The molecule has 0 aliphatic heterocycles. The Kier molecular flexibility index (Phi) is 4.92. The number of carbonyl (C=O) groups excluding carboxylic acids is 1. The van der Waals surface area contributed by atoms with Crippen molar-refractivity contribution in [1.82, 2.24) is 29.7 Å². The van der Waals surface area contributed by atoms with Crippen LogP contribution in [0.25, 0.3) is 16.9 Å². The van der Waals surface area contributed by atoms with Gasteiger partial charge in [-0.25, -0.2) is 9.50 Å². The van der Waals surface area contributed by atoms with Crippen molar-refractivity contribution in [2.24, 2.45) is 0 Å².